The molecule has 0 rings (SSSR count). The van der Waals surface area contributed by atoms with Gasteiger partial charge in [-0.3, -0.25) is 4.79 Å². The fourth-order valence-electron chi connectivity index (χ4n) is 1.18. The standard InChI is InChI=1S/C9H18ClNO/c1-4-8(3)11(5-2)9(12)6-7-10/h8H,4-7H2,1-3H3. The number of hydrogen-bond donors (Lipinski definition) is 0. The number of hydrogen-bond acceptors (Lipinski definition) is 1. The van der Waals surface area contributed by atoms with Crippen LogP contribution in [0.25, 0.3) is 0 Å². The first-order valence-corrected chi connectivity index (χ1v) is 5.06. The van der Waals surface area contributed by atoms with Crippen molar-refractivity contribution in [3.63, 3.8) is 0 Å². The Hall–Kier alpha value is -0.240. The summed E-state index contributed by atoms with van der Waals surface area (Å²) in [5.41, 5.74) is 0. The second-order valence-electron chi connectivity index (χ2n) is 2.88. The number of carbonyl (C=O) groups is 1. The lowest BCUT2D eigenvalue weighted by Gasteiger charge is -2.26. The van der Waals surface area contributed by atoms with Gasteiger partial charge in [-0.25, -0.2) is 0 Å². The molecule has 0 N–H and O–H groups in total. The van der Waals surface area contributed by atoms with E-state index in [0.717, 1.165) is 13.0 Å². The van der Waals surface area contributed by atoms with Crippen LogP contribution in [-0.2, 0) is 4.79 Å². The largest absolute Gasteiger partial charge is 0.340 e. The van der Waals surface area contributed by atoms with Crippen molar-refractivity contribution in [2.45, 2.75) is 39.7 Å². The van der Waals surface area contributed by atoms with Crippen LogP contribution in [0.3, 0.4) is 0 Å². The zero-order valence-electron chi connectivity index (χ0n) is 8.14. The highest BCUT2D eigenvalue weighted by Gasteiger charge is 2.15. The Kier molecular flexibility index (Phi) is 6.17. The van der Waals surface area contributed by atoms with Gasteiger partial charge in [0.25, 0.3) is 0 Å². The molecule has 1 atom stereocenters. The van der Waals surface area contributed by atoms with Gasteiger partial charge in [-0.05, 0) is 20.3 Å². The molecular weight excluding hydrogens is 174 g/mol. The van der Waals surface area contributed by atoms with Crippen molar-refractivity contribution in [1.29, 1.82) is 0 Å². The van der Waals surface area contributed by atoms with E-state index < -0.39 is 0 Å². The molecule has 0 bridgehead atoms. The quantitative estimate of drug-likeness (QED) is 0.611. The lowest BCUT2D eigenvalue weighted by Crippen LogP contribution is -2.38. The highest BCUT2D eigenvalue weighted by atomic mass is 35.5. The minimum Gasteiger partial charge on any atom is -0.340 e. The van der Waals surface area contributed by atoms with Crippen molar-refractivity contribution in [3.8, 4) is 0 Å². The van der Waals surface area contributed by atoms with Gasteiger partial charge in [-0.15, -0.1) is 11.6 Å². The van der Waals surface area contributed by atoms with Crippen LogP contribution in [0.15, 0.2) is 0 Å². The average Bonchev–Trinajstić information content (AvgIpc) is 2.06. The van der Waals surface area contributed by atoms with E-state index in [1.54, 1.807) is 0 Å². The van der Waals surface area contributed by atoms with Crippen LogP contribution in [-0.4, -0.2) is 29.3 Å². The number of rotatable bonds is 5. The second-order valence-corrected chi connectivity index (χ2v) is 3.25. The van der Waals surface area contributed by atoms with E-state index in [1.165, 1.54) is 0 Å². The highest BCUT2D eigenvalue weighted by Crippen LogP contribution is 2.05. The minimum atomic E-state index is 0.168. The summed E-state index contributed by atoms with van der Waals surface area (Å²) in [5, 5.41) is 0. The molecule has 0 saturated carbocycles. The Morgan fingerprint density at radius 3 is 2.42 bits per heavy atom. The summed E-state index contributed by atoms with van der Waals surface area (Å²) in [6, 6.07) is 0.339. The van der Waals surface area contributed by atoms with Crippen LogP contribution in [0, 0.1) is 0 Å². The van der Waals surface area contributed by atoms with Crippen LogP contribution < -0.4 is 0 Å². The summed E-state index contributed by atoms with van der Waals surface area (Å²) in [4.78, 5) is 13.3. The van der Waals surface area contributed by atoms with Crippen LogP contribution >= 0.6 is 11.6 Å². The van der Waals surface area contributed by atoms with Gasteiger partial charge in [0.1, 0.15) is 0 Å². The Morgan fingerprint density at radius 2 is 2.08 bits per heavy atom. The Morgan fingerprint density at radius 1 is 1.50 bits per heavy atom. The summed E-state index contributed by atoms with van der Waals surface area (Å²) in [6.07, 6.45) is 1.46. The molecule has 0 spiro atoms. The first-order chi connectivity index (χ1) is 5.67. The lowest BCUT2D eigenvalue weighted by molar-refractivity contribution is -0.132. The Balaban J connectivity index is 4.04. The minimum absolute atomic E-state index is 0.168. The third kappa shape index (κ3) is 3.44. The molecule has 1 unspecified atom stereocenters. The van der Waals surface area contributed by atoms with Gasteiger partial charge in [-0.1, -0.05) is 6.92 Å². The fourth-order valence-corrected chi connectivity index (χ4v) is 1.34. The van der Waals surface area contributed by atoms with Gasteiger partial charge in [0.2, 0.25) is 5.91 Å². The monoisotopic (exact) mass is 191 g/mol. The molecule has 2 nitrogen and oxygen atoms in total. The van der Waals surface area contributed by atoms with E-state index in [-0.39, 0.29) is 5.91 Å². The number of carbonyl (C=O) groups excluding carboxylic acids is 1. The summed E-state index contributed by atoms with van der Waals surface area (Å²) >= 11 is 5.50. The molecule has 72 valence electrons. The average molecular weight is 192 g/mol. The third-order valence-corrected chi connectivity index (χ3v) is 2.28. The zero-order valence-corrected chi connectivity index (χ0v) is 8.90. The second kappa shape index (κ2) is 6.30. The molecule has 12 heavy (non-hydrogen) atoms. The van der Waals surface area contributed by atoms with Crippen molar-refractivity contribution in [2.24, 2.45) is 0 Å². The summed E-state index contributed by atoms with van der Waals surface area (Å²) in [5.74, 6) is 0.591. The van der Waals surface area contributed by atoms with Crippen molar-refractivity contribution in [1.82, 2.24) is 4.90 Å². The Bertz CT molecular complexity index is 138. The molecule has 1 amide bonds. The van der Waals surface area contributed by atoms with Crippen molar-refractivity contribution in [2.75, 3.05) is 12.4 Å². The predicted octanol–water partition coefficient (Wildman–Crippen LogP) is 2.26. The fraction of sp³-hybridized carbons (Fsp3) is 0.889. The molecule has 0 aliphatic carbocycles. The predicted molar refractivity (Wildman–Crippen MR) is 52.5 cm³/mol. The Labute approximate surface area is 79.9 Å². The zero-order chi connectivity index (χ0) is 9.56. The third-order valence-electron chi connectivity index (χ3n) is 2.09. The topological polar surface area (TPSA) is 20.3 Å². The summed E-state index contributed by atoms with van der Waals surface area (Å²) in [6.45, 7) is 6.93. The van der Waals surface area contributed by atoms with Gasteiger partial charge in [0, 0.05) is 24.9 Å². The van der Waals surface area contributed by atoms with E-state index in [4.69, 9.17) is 11.6 Å². The maximum atomic E-state index is 11.4. The number of halogens is 1. The van der Waals surface area contributed by atoms with E-state index in [0.29, 0.717) is 18.3 Å². The molecule has 0 aromatic carbocycles. The first-order valence-electron chi connectivity index (χ1n) is 4.52. The van der Waals surface area contributed by atoms with Crippen molar-refractivity contribution < 1.29 is 4.79 Å². The van der Waals surface area contributed by atoms with E-state index in [9.17, 15) is 4.79 Å². The molecule has 0 saturated heterocycles. The molecule has 0 fully saturated rings. The van der Waals surface area contributed by atoms with E-state index in [1.807, 2.05) is 11.8 Å². The lowest BCUT2D eigenvalue weighted by atomic mass is 10.2. The van der Waals surface area contributed by atoms with Crippen LogP contribution in [0.5, 0.6) is 0 Å². The van der Waals surface area contributed by atoms with Crippen molar-refractivity contribution >= 4 is 17.5 Å². The normalized spacial score (nSPS) is 12.7. The summed E-state index contributed by atoms with van der Waals surface area (Å²) < 4.78 is 0. The maximum Gasteiger partial charge on any atom is 0.223 e. The molecular formula is C9H18ClNO. The van der Waals surface area contributed by atoms with E-state index >= 15 is 0 Å². The molecule has 0 radical (unpaired) electrons. The maximum absolute atomic E-state index is 11.4. The van der Waals surface area contributed by atoms with Crippen LogP contribution in [0.2, 0.25) is 0 Å². The summed E-state index contributed by atoms with van der Waals surface area (Å²) in [7, 11) is 0. The molecule has 0 aliphatic heterocycles. The van der Waals surface area contributed by atoms with Crippen LogP contribution in [0.1, 0.15) is 33.6 Å². The highest BCUT2D eigenvalue weighted by molar-refractivity contribution is 6.18. The molecule has 3 heteroatoms. The van der Waals surface area contributed by atoms with E-state index in [2.05, 4.69) is 13.8 Å². The molecule has 0 heterocycles. The molecule has 0 aliphatic rings. The number of amides is 1. The van der Waals surface area contributed by atoms with Gasteiger partial charge in [0.15, 0.2) is 0 Å². The smallest absolute Gasteiger partial charge is 0.223 e. The van der Waals surface area contributed by atoms with Crippen LogP contribution in [0.4, 0.5) is 0 Å². The number of nitrogens with zero attached hydrogens (tertiary/aromatic N) is 1. The molecule has 0 aromatic rings. The number of alkyl halides is 1. The molecule has 0 aromatic heterocycles. The van der Waals surface area contributed by atoms with Gasteiger partial charge >= 0.3 is 0 Å². The van der Waals surface area contributed by atoms with Gasteiger partial charge in [-0.2, -0.15) is 0 Å². The first kappa shape index (κ1) is 11.8. The van der Waals surface area contributed by atoms with Crippen molar-refractivity contribution in [3.05, 3.63) is 0 Å². The van der Waals surface area contributed by atoms with Gasteiger partial charge < -0.3 is 4.90 Å². The SMILES string of the molecule is CCC(C)N(CC)C(=O)CCCl. The van der Waals surface area contributed by atoms with Gasteiger partial charge in [0.05, 0.1) is 0 Å².